The van der Waals surface area contributed by atoms with Crippen LogP contribution in [-0.2, 0) is 12.8 Å². The summed E-state index contributed by atoms with van der Waals surface area (Å²) in [6.07, 6.45) is 22.5. The minimum Gasteiger partial charge on any atom is -0.260 e. The van der Waals surface area contributed by atoms with Crippen molar-refractivity contribution in [2.45, 2.75) is 32.1 Å². The SMILES string of the molecule is C1=CCc2cc(C3=CCCc4ncc(C5=CCCC=C5)cc43)ccc2N=C1. The molecule has 132 valence electrons. The highest BCUT2D eigenvalue weighted by molar-refractivity contribution is 5.86. The number of rotatable bonds is 2. The van der Waals surface area contributed by atoms with Crippen LogP contribution < -0.4 is 0 Å². The lowest BCUT2D eigenvalue weighted by molar-refractivity contribution is 0.918. The molecule has 2 aliphatic carbocycles. The fraction of sp³-hybridized carbons (Fsp3) is 0.200. The Morgan fingerprint density at radius 3 is 2.81 bits per heavy atom. The van der Waals surface area contributed by atoms with E-state index in [1.165, 1.54) is 39.1 Å². The van der Waals surface area contributed by atoms with Crippen LogP contribution in [0.4, 0.5) is 5.69 Å². The number of hydrogen-bond donors (Lipinski definition) is 0. The molecular formula is C25H22N2. The quantitative estimate of drug-likeness (QED) is 0.651. The third kappa shape index (κ3) is 3.12. The maximum absolute atomic E-state index is 4.82. The van der Waals surface area contributed by atoms with Crippen LogP contribution in [0.2, 0.25) is 0 Å². The van der Waals surface area contributed by atoms with E-state index in [0.717, 1.165) is 37.8 Å². The molecule has 2 heteroatoms. The van der Waals surface area contributed by atoms with Crippen molar-refractivity contribution in [2.24, 2.45) is 4.99 Å². The number of fused-ring (bicyclic) bond motifs is 2. The average molecular weight is 350 g/mol. The molecule has 0 unspecified atom stereocenters. The van der Waals surface area contributed by atoms with E-state index < -0.39 is 0 Å². The molecule has 1 aliphatic heterocycles. The van der Waals surface area contributed by atoms with E-state index in [0.29, 0.717) is 0 Å². The molecule has 3 aliphatic rings. The Morgan fingerprint density at radius 1 is 0.889 bits per heavy atom. The Balaban J connectivity index is 1.57. The van der Waals surface area contributed by atoms with Crippen LogP contribution >= 0.6 is 0 Å². The van der Waals surface area contributed by atoms with E-state index in [9.17, 15) is 0 Å². The van der Waals surface area contributed by atoms with Crippen molar-refractivity contribution in [1.29, 1.82) is 0 Å². The number of pyridine rings is 1. The lowest BCUT2D eigenvalue weighted by atomic mass is 9.87. The second-order valence-corrected chi connectivity index (χ2v) is 7.27. The zero-order chi connectivity index (χ0) is 18.1. The van der Waals surface area contributed by atoms with E-state index in [1.807, 2.05) is 18.5 Å². The molecule has 1 aromatic heterocycles. The van der Waals surface area contributed by atoms with Gasteiger partial charge in [0.1, 0.15) is 0 Å². The van der Waals surface area contributed by atoms with Crippen LogP contribution in [0.1, 0.15) is 47.2 Å². The Kier molecular flexibility index (Phi) is 4.17. The normalized spacial score (nSPS) is 17.6. The van der Waals surface area contributed by atoms with Gasteiger partial charge in [-0.2, -0.15) is 0 Å². The van der Waals surface area contributed by atoms with Crippen molar-refractivity contribution in [3.8, 4) is 0 Å². The smallest absolute Gasteiger partial charge is 0.0665 e. The molecule has 0 bridgehead atoms. The molecule has 2 aromatic rings. The first kappa shape index (κ1) is 16.2. The van der Waals surface area contributed by atoms with Gasteiger partial charge in [0.15, 0.2) is 0 Å². The summed E-state index contributed by atoms with van der Waals surface area (Å²) in [5.74, 6) is 0. The van der Waals surface area contributed by atoms with Gasteiger partial charge in [-0.05, 0) is 78.7 Å². The molecule has 2 heterocycles. The van der Waals surface area contributed by atoms with Crippen molar-refractivity contribution in [1.82, 2.24) is 4.98 Å². The topological polar surface area (TPSA) is 25.2 Å². The summed E-state index contributed by atoms with van der Waals surface area (Å²) < 4.78 is 0. The Labute approximate surface area is 160 Å². The van der Waals surface area contributed by atoms with E-state index in [1.54, 1.807) is 0 Å². The summed E-state index contributed by atoms with van der Waals surface area (Å²) in [5, 5.41) is 0. The van der Waals surface area contributed by atoms with E-state index in [2.05, 4.69) is 59.6 Å². The van der Waals surface area contributed by atoms with Gasteiger partial charge in [0.25, 0.3) is 0 Å². The first-order chi connectivity index (χ1) is 13.4. The van der Waals surface area contributed by atoms with Gasteiger partial charge in [-0.15, -0.1) is 0 Å². The number of allylic oxidation sites excluding steroid dienone is 7. The summed E-state index contributed by atoms with van der Waals surface area (Å²) in [7, 11) is 0. The zero-order valence-corrected chi connectivity index (χ0v) is 15.4. The van der Waals surface area contributed by atoms with Crippen molar-refractivity contribution in [2.75, 3.05) is 0 Å². The third-order valence-electron chi connectivity index (χ3n) is 5.48. The number of aliphatic imine (C=N–C) groups is 1. The van der Waals surface area contributed by atoms with E-state index in [-0.39, 0.29) is 0 Å². The predicted octanol–water partition coefficient (Wildman–Crippen LogP) is 6.01. The van der Waals surface area contributed by atoms with Crippen LogP contribution in [0.25, 0.3) is 11.1 Å². The minimum atomic E-state index is 0.930. The molecule has 0 radical (unpaired) electrons. The average Bonchev–Trinajstić information content (AvgIpc) is 2.98. The largest absolute Gasteiger partial charge is 0.260 e. The first-order valence-electron chi connectivity index (χ1n) is 9.77. The molecule has 0 N–H and O–H groups in total. The predicted molar refractivity (Wildman–Crippen MR) is 113 cm³/mol. The molecule has 0 fully saturated rings. The maximum atomic E-state index is 4.82. The van der Waals surface area contributed by atoms with Crippen LogP contribution in [0.5, 0.6) is 0 Å². The molecule has 2 nitrogen and oxygen atoms in total. The first-order valence-corrected chi connectivity index (χ1v) is 9.77. The summed E-state index contributed by atoms with van der Waals surface area (Å²) in [5.41, 5.74) is 9.95. The van der Waals surface area contributed by atoms with E-state index in [4.69, 9.17) is 4.98 Å². The minimum absolute atomic E-state index is 0.930. The van der Waals surface area contributed by atoms with Crippen LogP contribution in [0, 0.1) is 0 Å². The Hall–Kier alpha value is -3.00. The molecule has 27 heavy (non-hydrogen) atoms. The molecule has 0 saturated heterocycles. The number of nitrogens with zero attached hydrogens (tertiary/aromatic N) is 2. The summed E-state index contributed by atoms with van der Waals surface area (Å²) in [6, 6.07) is 8.98. The Bertz CT molecular complexity index is 1050. The van der Waals surface area contributed by atoms with Crippen molar-refractivity contribution in [3.05, 3.63) is 94.9 Å². The molecule has 0 saturated carbocycles. The second kappa shape index (κ2) is 6.96. The highest BCUT2D eigenvalue weighted by Crippen LogP contribution is 2.35. The fourth-order valence-electron chi connectivity index (χ4n) is 4.07. The van der Waals surface area contributed by atoms with Crippen molar-refractivity contribution >= 4 is 23.0 Å². The molecule has 0 atom stereocenters. The van der Waals surface area contributed by atoms with Gasteiger partial charge in [-0.25, -0.2) is 0 Å². The van der Waals surface area contributed by atoms with Crippen LogP contribution in [-0.4, -0.2) is 11.2 Å². The van der Waals surface area contributed by atoms with E-state index >= 15 is 0 Å². The fourth-order valence-corrected chi connectivity index (χ4v) is 4.07. The second-order valence-electron chi connectivity index (χ2n) is 7.27. The third-order valence-corrected chi connectivity index (χ3v) is 5.48. The molecule has 0 amide bonds. The Morgan fingerprint density at radius 2 is 1.89 bits per heavy atom. The van der Waals surface area contributed by atoms with Gasteiger partial charge >= 0.3 is 0 Å². The number of aryl methyl sites for hydroxylation is 1. The zero-order valence-electron chi connectivity index (χ0n) is 15.4. The lowest BCUT2D eigenvalue weighted by Gasteiger charge is -2.20. The van der Waals surface area contributed by atoms with Crippen molar-refractivity contribution in [3.63, 3.8) is 0 Å². The van der Waals surface area contributed by atoms with Crippen molar-refractivity contribution < 1.29 is 0 Å². The molecule has 1 aromatic carbocycles. The maximum Gasteiger partial charge on any atom is 0.0665 e. The standard InChI is InChI=1S/C25H22N2/c1-2-7-18(8-3-1)21-16-23-22(10-6-11-25(23)27-17-21)19-12-13-24-20(15-19)9-4-5-14-26-24/h2,4-5,7-8,10,12-17H,1,3,6,9,11H2. The van der Waals surface area contributed by atoms with Gasteiger partial charge in [0.2, 0.25) is 0 Å². The van der Waals surface area contributed by atoms with Crippen LogP contribution in [0.15, 0.2) is 71.9 Å². The summed E-state index contributed by atoms with van der Waals surface area (Å²) >= 11 is 0. The monoisotopic (exact) mass is 350 g/mol. The van der Waals surface area contributed by atoms with Gasteiger partial charge in [0.05, 0.1) is 5.69 Å². The number of aromatic nitrogens is 1. The van der Waals surface area contributed by atoms with Gasteiger partial charge in [-0.3, -0.25) is 9.98 Å². The molecule has 0 spiro atoms. The number of benzene rings is 1. The number of hydrogen-bond acceptors (Lipinski definition) is 2. The van der Waals surface area contributed by atoms with Gasteiger partial charge in [-0.1, -0.05) is 36.4 Å². The highest BCUT2D eigenvalue weighted by atomic mass is 14.7. The van der Waals surface area contributed by atoms with Gasteiger partial charge < -0.3 is 0 Å². The van der Waals surface area contributed by atoms with Crippen LogP contribution in [0.3, 0.4) is 0 Å². The summed E-state index contributed by atoms with van der Waals surface area (Å²) in [6.45, 7) is 0. The highest BCUT2D eigenvalue weighted by Gasteiger charge is 2.18. The van der Waals surface area contributed by atoms with Gasteiger partial charge in [0, 0.05) is 29.2 Å². The summed E-state index contributed by atoms with van der Waals surface area (Å²) in [4.78, 5) is 9.36. The lowest BCUT2D eigenvalue weighted by Crippen LogP contribution is -2.05. The molecule has 5 rings (SSSR count). The molecular weight excluding hydrogens is 328 g/mol.